The van der Waals surface area contributed by atoms with Crippen molar-refractivity contribution in [3.05, 3.63) is 23.8 Å². The summed E-state index contributed by atoms with van der Waals surface area (Å²) in [5.41, 5.74) is 0.850. The summed E-state index contributed by atoms with van der Waals surface area (Å²) in [7, 11) is 1.47. The van der Waals surface area contributed by atoms with Crippen LogP contribution in [-0.4, -0.2) is 69.8 Å². The second-order valence-corrected chi connectivity index (χ2v) is 5.85. The van der Waals surface area contributed by atoms with Crippen molar-refractivity contribution >= 4 is 0 Å². The zero-order chi connectivity index (χ0) is 17.0. The number of aliphatic hydroxyl groups excluding tert-OH is 4. The van der Waals surface area contributed by atoms with Gasteiger partial charge in [-0.2, -0.15) is 0 Å². The summed E-state index contributed by atoms with van der Waals surface area (Å²) >= 11 is 0. The molecule has 5 unspecified atom stereocenters. The van der Waals surface area contributed by atoms with Gasteiger partial charge in [-0.1, -0.05) is 6.07 Å². The zero-order valence-corrected chi connectivity index (χ0v) is 13.0. The molecule has 0 aliphatic carbocycles. The van der Waals surface area contributed by atoms with Crippen LogP contribution in [0.15, 0.2) is 18.2 Å². The molecule has 0 bridgehead atoms. The number of aromatic hydroxyl groups is 1. The normalized spacial score (nSPS) is 29.3. The maximum Gasteiger partial charge on any atom is 0.160 e. The number of aryl methyl sites for hydroxylation is 1. The van der Waals surface area contributed by atoms with E-state index in [0.717, 1.165) is 5.56 Å². The number of methoxy groups -OCH3 is 1. The Morgan fingerprint density at radius 3 is 2.65 bits per heavy atom. The van der Waals surface area contributed by atoms with Crippen LogP contribution in [0.1, 0.15) is 18.4 Å². The van der Waals surface area contributed by atoms with Crippen LogP contribution in [0.2, 0.25) is 0 Å². The summed E-state index contributed by atoms with van der Waals surface area (Å²) in [4.78, 5) is 0. The minimum Gasteiger partial charge on any atom is -0.504 e. The molecule has 1 saturated heterocycles. The summed E-state index contributed by atoms with van der Waals surface area (Å²) in [6.45, 7) is -0.0675. The van der Waals surface area contributed by atoms with Gasteiger partial charge in [0.1, 0.15) is 18.3 Å². The molecular formula is C16H24O7. The van der Waals surface area contributed by atoms with Crippen LogP contribution < -0.4 is 4.74 Å². The zero-order valence-electron chi connectivity index (χ0n) is 13.0. The van der Waals surface area contributed by atoms with E-state index in [4.69, 9.17) is 9.47 Å². The first-order valence-electron chi connectivity index (χ1n) is 7.62. The molecule has 1 fully saturated rings. The highest BCUT2D eigenvalue weighted by Gasteiger charge is 2.38. The fourth-order valence-electron chi connectivity index (χ4n) is 2.68. The lowest BCUT2D eigenvalue weighted by molar-refractivity contribution is -0.193. The van der Waals surface area contributed by atoms with E-state index in [1.165, 1.54) is 7.11 Å². The molecule has 0 aromatic heterocycles. The van der Waals surface area contributed by atoms with Gasteiger partial charge in [-0.25, -0.2) is 0 Å². The molecule has 130 valence electrons. The number of phenolic OH excluding ortho intramolecular Hbond substituents is 1. The van der Waals surface area contributed by atoms with E-state index in [1.807, 2.05) is 0 Å². The minimum absolute atomic E-state index is 0.0441. The average molecular weight is 328 g/mol. The van der Waals surface area contributed by atoms with E-state index in [2.05, 4.69) is 0 Å². The van der Waals surface area contributed by atoms with E-state index >= 15 is 0 Å². The topological polar surface area (TPSA) is 120 Å². The van der Waals surface area contributed by atoms with Crippen molar-refractivity contribution in [2.75, 3.05) is 13.7 Å². The third-order valence-electron chi connectivity index (χ3n) is 4.12. The molecule has 1 aliphatic rings. The maximum atomic E-state index is 10.1. The Morgan fingerprint density at radius 1 is 1.26 bits per heavy atom. The Kier molecular flexibility index (Phi) is 6.20. The monoisotopic (exact) mass is 328 g/mol. The van der Waals surface area contributed by atoms with Crippen molar-refractivity contribution in [2.24, 2.45) is 0 Å². The van der Waals surface area contributed by atoms with Gasteiger partial charge in [-0.15, -0.1) is 0 Å². The quantitative estimate of drug-likeness (QED) is 0.480. The van der Waals surface area contributed by atoms with Crippen LogP contribution in [0.3, 0.4) is 0 Å². The lowest BCUT2D eigenvalue weighted by atomic mass is 9.94. The SMILES string of the molecule is COc1ccc(CCC(O)CC2OCC(O)C(O)C2O)cc1O. The maximum absolute atomic E-state index is 10.1. The van der Waals surface area contributed by atoms with Crippen molar-refractivity contribution < 1.29 is 35.0 Å². The van der Waals surface area contributed by atoms with Crippen LogP contribution in [0.25, 0.3) is 0 Å². The number of rotatable bonds is 6. The smallest absolute Gasteiger partial charge is 0.160 e. The van der Waals surface area contributed by atoms with Crippen LogP contribution in [0.5, 0.6) is 11.5 Å². The van der Waals surface area contributed by atoms with Crippen molar-refractivity contribution in [2.45, 2.75) is 49.8 Å². The van der Waals surface area contributed by atoms with Crippen molar-refractivity contribution in [1.82, 2.24) is 0 Å². The number of aliphatic hydroxyl groups is 4. The van der Waals surface area contributed by atoms with Gasteiger partial charge >= 0.3 is 0 Å². The van der Waals surface area contributed by atoms with Gasteiger partial charge < -0.3 is 35.0 Å². The summed E-state index contributed by atoms with van der Waals surface area (Å²) in [6, 6.07) is 5.04. The first kappa shape index (κ1) is 18.0. The molecule has 23 heavy (non-hydrogen) atoms. The molecule has 1 aromatic rings. The molecule has 1 heterocycles. The largest absolute Gasteiger partial charge is 0.504 e. The van der Waals surface area contributed by atoms with E-state index < -0.39 is 30.5 Å². The molecule has 0 radical (unpaired) electrons. The van der Waals surface area contributed by atoms with Gasteiger partial charge in [-0.3, -0.25) is 0 Å². The Labute approximate surface area is 134 Å². The van der Waals surface area contributed by atoms with Gasteiger partial charge in [0.25, 0.3) is 0 Å². The number of ether oxygens (including phenoxy) is 2. The number of phenols is 1. The van der Waals surface area contributed by atoms with Gasteiger partial charge in [0.05, 0.1) is 25.9 Å². The number of benzene rings is 1. The van der Waals surface area contributed by atoms with Crippen LogP contribution in [0.4, 0.5) is 0 Å². The second-order valence-electron chi connectivity index (χ2n) is 5.85. The van der Waals surface area contributed by atoms with Gasteiger partial charge in [0.2, 0.25) is 0 Å². The molecule has 2 rings (SSSR count). The molecule has 0 amide bonds. The van der Waals surface area contributed by atoms with Gasteiger partial charge in [0.15, 0.2) is 11.5 Å². The molecule has 0 spiro atoms. The summed E-state index contributed by atoms with van der Waals surface area (Å²) in [5, 5.41) is 48.6. The van der Waals surface area contributed by atoms with Crippen molar-refractivity contribution in [1.29, 1.82) is 0 Å². The van der Waals surface area contributed by atoms with E-state index in [1.54, 1.807) is 18.2 Å². The van der Waals surface area contributed by atoms with Crippen molar-refractivity contribution in [3.63, 3.8) is 0 Å². The Morgan fingerprint density at radius 2 is 2.00 bits per heavy atom. The van der Waals surface area contributed by atoms with Gasteiger partial charge in [0, 0.05) is 6.42 Å². The van der Waals surface area contributed by atoms with Crippen LogP contribution in [-0.2, 0) is 11.2 Å². The highest BCUT2D eigenvalue weighted by molar-refractivity contribution is 5.41. The predicted molar refractivity (Wildman–Crippen MR) is 81.4 cm³/mol. The highest BCUT2D eigenvalue weighted by Crippen LogP contribution is 2.27. The minimum atomic E-state index is -1.26. The molecule has 1 aromatic carbocycles. The molecule has 7 heteroatoms. The fraction of sp³-hybridized carbons (Fsp3) is 0.625. The highest BCUT2D eigenvalue weighted by atomic mass is 16.5. The van der Waals surface area contributed by atoms with Crippen LogP contribution >= 0.6 is 0 Å². The van der Waals surface area contributed by atoms with Crippen LogP contribution in [0, 0.1) is 0 Å². The molecular weight excluding hydrogens is 304 g/mol. The average Bonchev–Trinajstić information content (AvgIpc) is 2.53. The lowest BCUT2D eigenvalue weighted by Crippen LogP contribution is -2.53. The fourth-order valence-corrected chi connectivity index (χ4v) is 2.68. The standard InChI is InChI=1S/C16H24O7/c1-22-13-5-3-9(6-11(13)18)2-4-10(17)7-14-16(21)15(20)12(19)8-23-14/h3,5-6,10,12,14-21H,2,4,7-8H2,1H3. The van der Waals surface area contributed by atoms with Gasteiger partial charge in [-0.05, 0) is 30.5 Å². The molecule has 5 N–H and O–H groups in total. The summed E-state index contributed by atoms with van der Waals surface area (Å²) < 4.78 is 10.2. The Bertz CT molecular complexity index is 507. The van der Waals surface area contributed by atoms with E-state index in [0.29, 0.717) is 18.6 Å². The van der Waals surface area contributed by atoms with E-state index in [-0.39, 0.29) is 18.8 Å². The summed E-state index contributed by atoms with van der Waals surface area (Å²) in [6.07, 6.45) is -3.94. The molecule has 5 atom stereocenters. The Balaban J connectivity index is 1.83. The first-order chi connectivity index (χ1) is 10.9. The lowest BCUT2D eigenvalue weighted by Gasteiger charge is -2.36. The number of hydrogen-bond donors (Lipinski definition) is 5. The second kappa shape index (κ2) is 7.94. The molecule has 1 aliphatic heterocycles. The first-order valence-corrected chi connectivity index (χ1v) is 7.62. The van der Waals surface area contributed by atoms with Crippen molar-refractivity contribution in [3.8, 4) is 11.5 Å². The number of hydrogen-bond acceptors (Lipinski definition) is 7. The molecule has 0 saturated carbocycles. The Hall–Kier alpha value is -1.38. The third-order valence-corrected chi connectivity index (χ3v) is 4.12. The van der Waals surface area contributed by atoms with E-state index in [9.17, 15) is 25.5 Å². The predicted octanol–water partition coefficient (Wildman–Crippen LogP) is -0.434. The molecule has 7 nitrogen and oxygen atoms in total. The third kappa shape index (κ3) is 4.55. The summed E-state index contributed by atoms with van der Waals surface area (Å²) in [5.74, 6) is 0.434.